The number of benzene rings is 1. The van der Waals surface area contributed by atoms with Crippen LogP contribution in [-0.4, -0.2) is 61.9 Å². The number of hydrogen-bond acceptors (Lipinski definition) is 3. The van der Waals surface area contributed by atoms with Crippen LogP contribution in [0.4, 0.5) is 0 Å². The largest absolute Gasteiger partial charge is 0.347 e. The Bertz CT molecular complexity index is 774. The Hall–Kier alpha value is -1.61. The Balaban J connectivity index is 0.00000320. The Morgan fingerprint density at radius 1 is 1.20 bits per heavy atom. The molecule has 0 aliphatic carbocycles. The Morgan fingerprint density at radius 3 is 2.57 bits per heavy atom. The number of carbonyl (C=O) groups excluding carboxylic acids is 1. The molecule has 0 spiro atoms. The molecule has 1 aromatic heterocycles. The minimum Gasteiger partial charge on any atom is -0.347 e. The van der Waals surface area contributed by atoms with Crippen molar-refractivity contribution in [3.8, 4) is 0 Å². The van der Waals surface area contributed by atoms with Crippen LogP contribution in [0.25, 0.3) is 0 Å². The summed E-state index contributed by atoms with van der Waals surface area (Å²) in [6.07, 6.45) is 4.26. The number of rotatable bonds is 7. The topological polar surface area (TPSA) is 47.9 Å². The van der Waals surface area contributed by atoms with E-state index in [4.69, 9.17) is 0 Å². The molecule has 1 saturated heterocycles. The fraction of sp³-hybridized carbons (Fsp3) is 0.478. The number of likely N-dealkylation sites (tertiary alicyclic amines) is 1. The summed E-state index contributed by atoms with van der Waals surface area (Å²) in [4.78, 5) is 22.4. The molecule has 0 atom stereocenters. The smallest absolute Gasteiger partial charge is 0.241 e. The van der Waals surface area contributed by atoms with Gasteiger partial charge in [-0.3, -0.25) is 9.79 Å². The van der Waals surface area contributed by atoms with Crippen LogP contribution < -0.4 is 5.32 Å². The van der Waals surface area contributed by atoms with E-state index in [2.05, 4.69) is 63.1 Å². The van der Waals surface area contributed by atoms with E-state index in [1.807, 2.05) is 11.9 Å². The van der Waals surface area contributed by atoms with E-state index in [-0.39, 0.29) is 29.9 Å². The summed E-state index contributed by atoms with van der Waals surface area (Å²) in [7, 11) is 3.78. The van der Waals surface area contributed by atoms with E-state index < -0.39 is 0 Å². The Morgan fingerprint density at radius 2 is 1.93 bits per heavy atom. The van der Waals surface area contributed by atoms with Crippen LogP contribution in [0.2, 0.25) is 0 Å². The quantitative estimate of drug-likeness (QED) is 0.330. The molecular formula is C23H33IN4OS. The molecule has 1 aromatic carbocycles. The number of carbonyl (C=O) groups is 1. The molecule has 0 bridgehead atoms. The van der Waals surface area contributed by atoms with Gasteiger partial charge in [0.1, 0.15) is 0 Å². The number of nitrogens with zero attached hydrogens (tertiary/aromatic N) is 3. The van der Waals surface area contributed by atoms with Crippen molar-refractivity contribution < 1.29 is 4.79 Å². The second kappa shape index (κ2) is 12.9. The van der Waals surface area contributed by atoms with Crippen LogP contribution in [0, 0.1) is 5.92 Å². The molecule has 5 nitrogen and oxygen atoms in total. The third-order valence-corrected chi connectivity index (χ3v) is 6.52. The lowest BCUT2D eigenvalue weighted by Gasteiger charge is -2.32. The van der Waals surface area contributed by atoms with Crippen molar-refractivity contribution in [2.75, 3.05) is 40.3 Å². The number of nitrogens with one attached hydrogen (secondary N) is 1. The van der Waals surface area contributed by atoms with Crippen LogP contribution in [0.5, 0.6) is 0 Å². The molecule has 164 valence electrons. The second-order valence-electron chi connectivity index (χ2n) is 7.67. The van der Waals surface area contributed by atoms with Crippen molar-refractivity contribution in [3.63, 3.8) is 0 Å². The lowest BCUT2D eigenvalue weighted by Crippen LogP contribution is -2.47. The van der Waals surface area contributed by atoms with Gasteiger partial charge in [0, 0.05) is 38.6 Å². The Labute approximate surface area is 201 Å². The highest BCUT2D eigenvalue weighted by Crippen LogP contribution is 2.21. The van der Waals surface area contributed by atoms with Gasteiger partial charge >= 0.3 is 0 Å². The first-order valence-corrected chi connectivity index (χ1v) is 11.3. The number of aliphatic imine (C=N–C) groups is 1. The molecule has 3 rings (SSSR count). The average molecular weight is 541 g/mol. The van der Waals surface area contributed by atoms with E-state index in [0.29, 0.717) is 12.5 Å². The van der Waals surface area contributed by atoms with E-state index in [1.165, 1.54) is 10.4 Å². The summed E-state index contributed by atoms with van der Waals surface area (Å²) < 4.78 is 0. The summed E-state index contributed by atoms with van der Waals surface area (Å²) in [5, 5.41) is 5.34. The molecule has 1 fully saturated rings. The highest BCUT2D eigenvalue weighted by Gasteiger charge is 2.23. The molecule has 0 unspecified atom stereocenters. The van der Waals surface area contributed by atoms with Gasteiger partial charge < -0.3 is 15.1 Å². The zero-order valence-corrected chi connectivity index (χ0v) is 21.1. The summed E-state index contributed by atoms with van der Waals surface area (Å²) in [5.41, 5.74) is 1.40. The summed E-state index contributed by atoms with van der Waals surface area (Å²) in [6.45, 7) is 2.88. The molecule has 1 aliphatic heterocycles. The number of piperidine rings is 1. The highest BCUT2D eigenvalue weighted by molar-refractivity contribution is 14.0. The van der Waals surface area contributed by atoms with Gasteiger partial charge in [0.25, 0.3) is 0 Å². The van der Waals surface area contributed by atoms with E-state index in [1.54, 1.807) is 18.4 Å². The van der Waals surface area contributed by atoms with Gasteiger partial charge in [0.2, 0.25) is 5.91 Å². The average Bonchev–Trinajstić information content (AvgIpc) is 3.27. The van der Waals surface area contributed by atoms with E-state index in [9.17, 15) is 4.79 Å². The predicted octanol–water partition coefficient (Wildman–Crippen LogP) is 3.90. The van der Waals surface area contributed by atoms with Crippen molar-refractivity contribution in [3.05, 3.63) is 58.3 Å². The Kier molecular flexibility index (Phi) is 10.6. The minimum atomic E-state index is 0. The first-order chi connectivity index (χ1) is 14.2. The van der Waals surface area contributed by atoms with Gasteiger partial charge in [-0.15, -0.1) is 35.3 Å². The van der Waals surface area contributed by atoms with Crippen LogP contribution >= 0.6 is 35.3 Å². The summed E-state index contributed by atoms with van der Waals surface area (Å²) in [5.74, 6) is 1.61. The van der Waals surface area contributed by atoms with Crippen molar-refractivity contribution in [1.29, 1.82) is 0 Å². The molecule has 2 aromatic rings. The maximum absolute atomic E-state index is 12.6. The predicted molar refractivity (Wildman–Crippen MR) is 137 cm³/mol. The third-order valence-electron chi connectivity index (χ3n) is 5.58. The van der Waals surface area contributed by atoms with Crippen LogP contribution in [0.3, 0.4) is 0 Å². The SMILES string of the molecule is CN=C(NCC(=O)N1CCC(Cc2ccccc2)CC1)N(C)CCc1cccs1.I. The number of thiophene rings is 1. The maximum Gasteiger partial charge on any atom is 0.241 e. The van der Waals surface area contributed by atoms with Crippen LogP contribution in [0.1, 0.15) is 23.3 Å². The van der Waals surface area contributed by atoms with Crippen molar-refractivity contribution >= 4 is 47.2 Å². The summed E-state index contributed by atoms with van der Waals surface area (Å²) >= 11 is 1.77. The molecule has 30 heavy (non-hydrogen) atoms. The third kappa shape index (κ3) is 7.58. The lowest BCUT2D eigenvalue weighted by atomic mass is 9.90. The number of halogens is 1. The normalized spacial score (nSPS) is 14.9. The molecule has 1 N–H and O–H groups in total. The van der Waals surface area contributed by atoms with E-state index >= 15 is 0 Å². The highest BCUT2D eigenvalue weighted by atomic mass is 127. The molecule has 7 heteroatoms. The van der Waals surface area contributed by atoms with Gasteiger partial charge in [-0.2, -0.15) is 0 Å². The van der Waals surface area contributed by atoms with Crippen molar-refractivity contribution in [2.45, 2.75) is 25.7 Å². The van der Waals surface area contributed by atoms with E-state index in [0.717, 1.165) is 51.3 Å². The van der Waals surface area contributed by atoms with Gasteiger partial charge in [-0.25, -0.2) is 0 Å². The molecular weight excluding hydrogens is 507 g/mol. The van der Waals surface area contributed by atoms with Crippen LogP contribution in [-0.2, 0) is 17.6 Å². The lowest BCUT2D eigenvalue weighted by molar-refractivity contribution is -0.131. The van der Waals surface area contributed by atoms with Gasteiger partial charge in [0.05, 0.1) is 6.54 Å². The first kappa shape index (κ1) is 24.7. The second-order valence-corrected chi connectivity index (χ2v) is 8.70. The zero-order chi connectivity index (χ0) is 20.5. The van der Waals surface area contributed by atoms with Crippen molar-refractivity contribution in [1.82, 2.24) is 15.1 Å². The molecule has 0 saturated carbocycles. The van der Waals surface area contributed by atoms with Crippen LogP contribution in [0.15, 0.2) is 52.8 Å². The zero-order valence-electron chi connectivity index (χ0n) is 17.9. The number of guanidine groups is 1. The molecule has 1 aliphatic rings. The summed E-state index contributed by atoms with van der Waals surface area (Å²) in [6, 6.07) is 14.9. The van der Waals surface area contributed by atoms with Gasteiger partial charge in [0.15, 0.2) is 5.96 Å². The first-order valence-electron chi connectivity index (χ1n) is 10.4. The van der Waals surface area contributed by atoms with Gasteiger partial charge in [-0.1, -0.05) is 36.4 Å². The minimum absolute atomic E-state index is 0. The van der Waals surface area contributed by atoms with Gasteiger partial charge in [-0.05, 0) is 48.6 Å². The fourth-order valence-electron chi connectivity index (χ4n) is 3.82. The standard InChI is InChI=1S/C23H32N4OS.HI/c1-24-23(26(2)13-12-21-9-6-16-29-21)25-18-22(28)27-14-10-20(11-15-27)17-19-7-4-3-5-8-19;/h3-9,16,20H,10-15,17-18H2,1-2H3,(H,24,25);1H. The number of hydrogen-bond donors (Lipinski definition) is 1. The monoisotopic (exact) mass is 540 g/mol. The maximum atomic E-state index is 12.6. The number of likely N-dealkylation sites (N-methyl/N-ethyl adjacent to an activating group) is 1. The molecule has 2 heterocycles. The number of amides is 1. The van der Waals surface area contributed by atoms with Crippen molar-refractivity contribution in [2.24, 2.45) is 10.9 Å². The molecule has 1 amide bonds. The molecule has 0 radical (unpaired) electrons. The fourth-order valence-corrected chi connectivity index (χ4v) is 4.52.